The fourth-order valence-corrected chi connectivity index (χ4v) is 3.39. The van der Waals surface area contributed by atoms with E-state index in [4.69, 9.17) is 5.11 Å². The summed E-state index contributed by atoms with van der Waals surface area (Å²) in [4.78, 5) is 59.4. The van der Waals surface area contributed by atoms with Crippen LogP contribution >= 0.6 is 0 Å². The van der Waals surface area contributed by atoms with Crippen molar-refractivity contribution in [1.29, 1.82) is 0 Å². The Balaban J connectivity index is 1.49. The van der Waals surface area contributed by atoms with E-state index in [2.05, 4.69) is 5.32 Å². The maximum Gasteiger partial charge on any atom is 0.335 e. The monoisotopic (exact) mass is 441 g/mol. The number of phenols is 1. The van der Waals surface area contributed by atoms with Crippen LogP contribution in [0, 0.1) is 10.1 Å². The third-order valence-electron chi connectivity index (χ3n) is 4.98. The molecule has 0 atom stereocenters. The molecule has 0 unspecified atom stereocenters. The number of nitrogens with one attached hydrogen (secondary N) is 1. The molecule has 11 heteroatoms. The Bertz CT molecular complexity index is 1130. The molecule has 0 bridgehead atoms. The molecule has 1 aliphatic rings. The Morgan fingerprint density at radius 1 is 1.06 bits per heavy atom. The minimum Gasteiger partial charge on any atom is -0.506 e. The molecule has 1 heterocycles. The summed E-state index contributed by atoms with van der Waals surface area (Å²) in [6.45, 7) is 0.0621. The number of aromatic hydroxyl groups is 1. The molecule has 1 aliphatic heterocycles. The number of anilines is 1. The number of carbonyl (C=O) groups is 4. The lowest BCUT2D eigenvalue weighted by molar-refractivity contribution is -0.385. The number of amides is 3. The Morgan fingerprint density at radius 2 is 1.81 bits per heavy atom. The zero-order valence-electron chi connectivity index (χ0n) is 16.7. The van der Waals surface area contributed by atoms with E-state index in [1.807, 2.05) is 0 Å². The van der Waals surface area contributed by atoms with E-state index in [1.165, 1.54) is 30.3 Å². The lowest BCUT2D eigenvalue weighted by atomic mass is 10.1. The van der Waals surface area contributed by atoms with Gasteiger partial charge in [-0.3, -0.25) is 29.4 Å². The Morgan fingerprint density at radius 3 is 2.50 bits per heavy atom. The molecular formula is C21H19N3O8. The molecular weight excluding hydrogens is 422 g/mol. The summed E-state index contributed by atoms with van der Waals surface area (Å²) in [5.74, 6) is -3.18. The minimum atomic E-state index is -1.20. The summed E-state index contributed by atoms with van der Waals surface area (Å²) in [6.07, 6.45) is 1.37. The van der Waals surface area contributed by atoms with Crippen LogP contribution in [0.15, 0.2) is 36.4 Å². The predicted octanol–water partition coefficient (Wildman–Crippen LogP) is 2.79. The molecule has 3 amide bonds. The molecule has 0 saturated carbocycles. The fraction of sp³-hybridized carbons (Fsp3) is 0.238. The second-order valence-corrected chi connectivity index (χ2v) is 7.11. The van der Waals surface area contributed by atoms with Gasteiger partial charge in [-0.2, -0.15) is 0 Å². The van der Waals surface area contributed by atoms with E-state index in [0.29, 0.717) is 19.3 Å². The summed E-state index contributed by atoms with van der Waals surface area (Å²) in [6, 6.07) is 7.44. The number of carbonyl (C=O) groups excluding carboxylic acids is 3. The first-order valence-corrected chi connectivity index (χ1v) is 9.70. The van der Waals surface area contributed by atoms with Gasteiger partial charge in [-0.15, -0.1) is 0 Å². The number of carboxylic acid groups (broad SMARTS) is 1. The van der Waals surface area contributed by atoms with Crippen molar-refractivity contribution in [3.63, 3.8) is 0 Å². The number of imide groups is 1. The molecule has 0 radical (unpaired) electrons. The van der Waals surface area contributed by atoms with Gasteiger partial charge in [0, 0.05) is 19.0 Å². The number of carboxylic acids is 1. The average molecular weight is 441 g/mol. The third kappa shape index (κ3) is 4.56. The molecule has 0 fully saturated rings. The second-order valence-electron chi connectivity index (χ2n) is 7.11. The van der Waals surface area contributed by atoms with E-state index >= 15 is 0 Å². The highest BCUT2D eigenvalue weighted by atomic mass is 16.6. The van der Waals surface area contributed by atoms with E-state index < -0.39 is 34.3 Å². The first kappa shape index (κ1) is 22.4. The molecule has 2 aromatic carbocycles. The number of nitro groups is 1. The zero-order valence-corrected chi connectivity index (χ0v) is 16.7. The minimum absolute atomic E-state index is 0.00646. The van der Waals surface area contributed by atoms with Gasteiger partial charge in [-0.25, -0.2) is 4.79 Å². The first-order chi connectivity index (χ1) is 15.2. The van der Waals surface area contributed by atoms with E-state index in [1.54, 1.807) is 0 Å². The van der Waals surface area contributed by atoms with E-state index in [9.17, 15) is 34.4 Å². The van der Waals surface area contributed by atoms with Crippen molar-refractivity contribution >= 4 is 35.1 Å². The van der Waals surface area contributed by atoms with E-state index in [0.717, 1.165) is 11.0 Å². The Labute approximate surface area is 181 Å². The van der Waals surface area contributed by atoms with Crippen LogP contribution in [0.4, 0.5) is 11.4 Å². The third-order valence-corrected chi connectivity index (χ3v) is 4.98. The maximum absolute atomic E-state index is 12.5. The lowest BCUT2D eigenvalue weighted by Crippen LogP contribution is -2.30. The van der Waals surface area contributed by atoms with Gasteiger partial charge in [-0.1, -0.05) is 12.5 Å². The van der Waals surface area contributed by atoms with Gasteiger partial charge in [0.1, 0.15) is 11.3 Å². The predicted molar refractivity (Wildman–Crippen MR) is 111 cm³/mol. The van der Waals surface area contributed by atoms with Crippen molar-refractivity contribution in [1.82, 2.24) is 4.90 Å². The number of nitrogens with zero attached hydrogens (tertiary/aromatic N) is 2. The molecule has 166 valence electrons. The van der Waals surface area contributed by atoms with Gasteiger partial charge in [0.15, 0.2) is 0 Å². The molecule has 0 aliphatic carbocycles. The SMILES string of the molecule is O=C(CCCCCN1C(=O)c2cccc([N+](=O)[O-])c2C1=O)Nc1cc(C(=O)O)ccc1O. The van der Waals surface area contributed by atoms with E-state index in [-0.39, 0.29) is 41.1 Å². The number of hydrogen-bond donors (Lipinski definition) is 3. The fourth-order valence-electron chi connectivity index (χ4n) is 3.39. The van der Waals surface area contributed by atoms with Crippen LogP contribution in [0.5, 0.6) is 5.75 Å². The normalized spacial score (nSPS) is 12.6. The summed E-state index contributed by atoms with van der Waals surface area (Å²) >= 11 is 0. The van der Waals surface area contributed by atoms with Gasteiger partial charge in [-0.05, 0) is 37.1 Å². The lowest BCUT2D eigenvalue weighted by Gasteiger charge is -2.13. The van der Waals surface area contributed by atoms with Gasteiger partial charge >= 0.3 is 5.97 Å². The summed E-state index contributed by atoms with van der Waals surface area (Å²) in [5, 5.41) is 32.3. The van der Waals surface area contributed by atoms with Gasteiger partial charge < -0.3 is 15.5 Å². The topological polar surface area (TPSA) is 167 Å². The first-order valence-electron chi connectivity index (χ1n) is 9.70. The number of nitro benzene ring substituents is 1. The van der Waals surface area contributed by atoms with Crippen LogP contribution in [-0.4, -0.2) is 50.3 Å². The highest BCUT2D eigenvalue weighted by Gasteiger charge is 2.40. The Hall–Kier alpha value is -4.28. The number of fused-ring (bicyclic) bond motifs is 1. The van der Waals surface area contributed by atoms with Crippen LogP contribution in [0.25, 0.3) is 0 Å². The quantitative estimate of drug-likeness (QED) is 0.175. The summed E-state index contributed by atoms with van der Waals surface area (Å²) in [7, 11) is 0. The number of hydrogen-bond acceptors (Lipinski definition) is 7. The summed E-state index contributed by atoms with van der Waals surface area (Å²) < 4.78 is 0. The molecule has 0 saturated heterocycles. The van der Waals surface area contributed by atoms with Crippen LogP contribution in [0.3, 0.4) is 0 Å². The van der Waals surface area contributed by atoms with Gasteiger partial charge in [0.25, 0.3) is 17.5 Å². The number of unbranched alkanes of at least 4 members (excludes halogenated alkanes) is 2. The van der Waals surface area contributed by atoms with Crippen molar-refractivity contribution in [2.75, 3.05) is 11.9 Å². The van der Waals surface area contributed by atoms with Crippen molar-refractivity contribution in [2.24, 2.45) is 0 Å². The smallest absolute Gasteiger partial charge is 0.335 e. The van der Waals surface area contributed by atoms with Crippen molar-refractivity contribution in [3.05, 3.63) is 63.2 Å². The van der Waals surface area contributed by atoms with Crippen LogP contribution in [0.2, 0.25) is 0 Å². The molecule has 0 aromatic heterocycles. The average Bonchev–Trinajstić information content (AvgIpc) is 2.99. The van der Waals surface area contributed by atoms with Crippen LogP contribution < -0.4 is 5.32 Å². The number of aromatic carboxylic acids is 1. The van der Waals surface area contributed by atoms with Gasteiger partial charge in [0.05, 0.1) is 21.7 Å². The van der Waals surface area contributed by atoms with Gasteiger partial charge in [0.2, 0.25) is 5.91 Å². The number of rotatable bonds is 9. The molecule has 11 nitrogen and oxygen atoms in total. The maximum atomic E-state index is 12.5. The van der Waals surface area contributed by atoms with Crippen molar-refractivity contribution < 1.29 is 34.3 Å². The van der Waals surface area contributed by atoms with Crippen molar-refractivity contribution in [3.8, 4) is 5.75 Å². The molecule has 3 rings (SSSR count). The molecule has 32 heavy (non-hydrogen) atoms. The highest BCUT2D eigenvalue weighted by Crippen LogP contribution is 2.31. The Kier molecular flexibility index (Phi) is 6.47. The molecule has 2 aromatic rings. The molecule has 0 spiro atoms. The van der Waals surface area contributed by atoms with Crippen LogP contribution in [-0.2, 0) is 4.79 Å². The standard InChI is InChI=1S/C21H19N3O8/c25-16-9-8-12(21(29)30)11-14(16)22-17(26)7-2-1-3-10-23-19(27)13-5-4-6-15(24(31)32)18(13)20(23)28/h4-6,8-9,11,25H,1-3,7,10H2,(H,22,26)(H,29,30). The van der Waals surface area contributed by atoms with Crippen LogP contribution in [0.1, 0.15) is 56.8 Å². The number of phenolic OH excluding ortho intramolecular Hbond substituents is 1. The van der Waals surface area contributed by atoms with Crippen molar-refractivity contribution in [2.45, 2.75) is 25.7 Å². The molecule has 3 N–H and O–H groups in total. The second kappa shape index (κ2) is 9.25. The highest BCUT2D eigenvalue weighted by molar-refractivity contribution is 6.23. The zero-order chi connectivity index (χ0) is 23.4. The summed E-state index contributed by atoms with van der Waals surface area (Å²) in [5.41, 5.74) is -0.700. The number of benzene rings is 2. The largest absolute Gasteiger partial charge is 0.506 e.